The van der Waals surface area contributed by atoms with E-state index < -0.39 is 11.6 Å². The highest BCUT2D eigenvalue weighted by atomic mass is 35.5. The van der Waals surface area contributed by atoms with Crippen molar-refractivity contribution in [1.29, 1.82) is 0 Å². The Morgan fingerprint density at radius 1 is 0.963 bits per heavy atom. The average Bonchev–Trinajstić information content (AvgIpc) is 2.67. The summed E-state index contributed by atoms with van der Waals surface area (Å²) in [6, 6.07) is 2.84. The molecular formula is C23H31ClF2O. The minimum atomic E-state index is -0.601. The van der Waals surface area contributed by atoms with Crippen molar-refractivity contribution in [3.8, 4) is 5.75 Å². The average molecular weight is 397 g/mol. The Morgan fingerprint density at radius 3 is 2.04 bits per heavy atom. The van der Waals surface area contributed by atoms with E-state index in [1.165, 1.54) is 70.6 Å². The number of hydrogen-bond donors (Lipinski definition) is 0. The van der Waals surface area contributed by atoms with Gasteiger partial charge in [0, 0.05) is 5.54 Å². The van der Waals surface area contributed by atoms with Crippen molar-refractivity contribution in [3.05, 3.63) is 40.9 Å². The van der Waals surface area contributed by atoms with Gasteiger partial charge in [-0.15, -0.1) is 0 Å². The molecule has 1 aromatic rings. The third-order valence-corrected chi connectivity index (χ3v) is 6.97. The zero-order valence-corrected chi connectivity index (χ0v) is 17.0. The molecule has 27 heavy (non-hydrogen) atoms. The lowest BCUT2D eigenvalue weighted by Gasteiger charge is -2.37. The highest BCUT2D eigenvalue weighted by Gasteiger charge is 2.30. The lowest BCUT2D eigenvalue weighted by molar-refractivity contribution is 0.153. The molecule has 0 atom stereocenters. The van der Waals surface area contributed by atoms with Gasteiger partial charge in [-0.1, -0.05) is 30.5 Å². The fourth-order valence-electron chi connectivity index (χ4n) is 5.18. The molecule has 0 spiro atoms. The van der Waals surface area contributed by atoms with Crippen molar-refractivity contribution in [1.82, 2.24) is 0 Å². The molecule has 0 heterocycles. The van der Waals surface area contributed by atoms with Gasteiger partial charge in [0.1, 0.15) is 0 Å². The van der Waals surface area contributed by atoms with E-state index in [4.69, 9.17) is 16.3 Å². The predicted molar refractivity (Wildman–Crippen MR) is 107 cm³/mol. The molecule has 4 heteroatoms. The van der Waals surface area contributed by atoms with Crippen LogP contribution in [0.5, 0.6) is 5.75 Å². The molecule has 2 saturated carbocycles. The maximum absolute atomic E-state index is 13.8. The van der Waals surface area contributed by atoms with Gasteiger partial charge in [0.05, 0.1) is 7.11 Å². The highest BCUT2D eigenvalue weighted by molar-refractivity contribution is 6.25. The second-order valence-corrected chi connectivity index (χ2v) is 8.66. The number of rotatable bonds is 6. The molecule has 150 valence electrons. The molecule has 1 nitrogen and oxygen atoms in total. The molecule has 0 N–H and O–H groups in total. The molecule has 2 aliphatic carbocycles. The van der Waals surface area contributed by atoms with Crippen LogP contribution in [-0.4, -0.2) is 7.11 Å². The topological polar surface area (TPSA) is 9.23 Å². The Bertz CT molecular complexity index is 606. The van der Waals surface area contributed by atoms with Gasteiger partial charge in [-0.25, -0.2) is 8.78 Å². The van der Waals surface area contributed by atoms with Gasteiger partial charge in [-0.05, 0) is 92.7 Å². The fraction of sp³-hybridized carbons (Fsp3) is 0.652. The first-order valence-corrected chi connectivity index (χ1v) is 10.8. The number of benzene rings is 1. The molecule has 2 fully saturated rings. The standard InChI is InChI=1S/C23H31ClF2O/c1-27-23-21(25)14-18(15-22(23)26)3-2-16-4-8-19(9-5-16)20-10-6-17(7-11-20)12-13-24/h12-17,19-20H,2-11H2,1H3/b13-12+. The lowest BCUT2D eigenvalue weighted by Crippen LogP contribution is -2.25. The fourth-order valence-corrected chi connectivity index (χ4v) is 5.39. The first kappa shape index (κ1) is 20.6. The van der Waals surface area contributed by atoms with Crippen LogP contribution in [0.4, 0.5) is 8.78 Å². The number of methoxy groups -OCH3 is 1. The third kappa shape index (κ3) is 5.47. The minimum absolute atomic E-state index is 0.282. The van der Waals surface area contributed by atoms with E-state index in [1.807, 2.05) is 0 Å². The van der Waals surface area contributed by atoms with Gasteiger partial charge in [0.25, 0.3) is 0 Å². The smallest absolute Gasteiger partial charge is 0.190 e. The number of ether oxygens (including phenoxy) is 1. The van der Waals surface area contributed by atoms with E-state index in [2.05, 4.69) is 6.08 Å². The normalized spacial score (nSPS) is 29.2. The number of halogens is 3. The van der Waals surface area contributed by atoms with Crippen LogP contribution in [-0.2, 0) is 6.42 Å². The monoisotopic (exact) mass is 396 g/mol. The van der Waals surface area contributed by atoms with Gasteiger partial charge in [0.15, 0.2) is 17.4 Å². The molecule has 1 aromatic carbocycles. The predicted octanol–water partition coefficient (Wildman–Crippen LogP) is 7.27. The van der Waals surface area contributed by atoms with Crippen LogP contribution < -0.4 is 4.74 Å². The largest absolute Gasteiger partial charge is 0.491 e. The Balaban J connectivity index is 1.42. The van der Waals surface area contributed by atoms with Crippen molar-refractivity contribution >= 4 is 11.6 Å². The summed E-state index contributed by atoms with van der Waals surface area (Å²) in [6.07, 6.45) is 14.3. The van der Waals surface area contributed by atoms with E-state index in [9.17, 15) is 8.78 Å². The Morgan fingerprint density at radius 2 is 1.52 bits per heavy atom. The van der Waals surface area contributed by atoms with Crippen LogP contribution >= 0.6 is 11.6 Å². The summed E-state index contributed by atoms with van der Waals surface area (Å²) < 4.78 is 32.4. The van der Waals surface area contributed by atoms with E-state index >= 15 is 0 Å². The van der Waals surface area contributed by atoms with Gasteiger partial charge in [-0.2, -0.15) is 0 Å². The van der Waals surface area contributed by atoms with Gasteiger partial charge < -0.3 is 4.74 Å². The second-order valence-electron chi connectivity index (χ2n) is 8.41. The first-order valence-electron chi connectivity index (χ1n) is 10.4. The molecule has 0 aromatic heterocycles. The summed E-state index contributed by atoms with van der Waals surface area (Å²) in [5.74, 6) is 1.64. The first-order chi connectivity index (χ1) is 13.1. The molecular weight excluding hydrogens is 366 g/mol. The summed E-state index contributed by atoms with van der Waals surface area (Å²) in [7, 11) is 1.29. The quantitative estimate of drug-likeness (QED) is 0.491. The summed E-state index contributed by atoms with van der Waals surface area (Å²) in [5.41, 5.74) is 2.41. The van der Waals surface area contributed by atoms with Crippen molar-refractivity contribution < 1.29 is 13.5 Å². The second kappa shape index (κ2) is 9.91. The molecule has 0 radical (unpaired) electrons. The highest BCUT2D eigenvalue weighted by Crippen LogP contribution is 2.42. The van der Waals surface area contributed by atoms with Crippen molar-refractivity contribution in [2.75, 3.05) is 7.11 Å². The van der Waals surface area contributed by atoms with Crippen LogP contribution in [0.1, 0.15) is 63.4 Å². The number of hydrogen-bond acceptors (Lipinski definition) is 1. The molecule has 2 aliphatic rings. The Kier molecular flexibility index (Phi) is 7.57. The molecule has 0 amide bonds. The SMILES string of the molecule is COc1c(F)cc(CCC2CCC(C3CCC(/C=C/Cl)CC3)CC2)cc1F. The van der Waals surface area contributed by atoms with Gasteiger partial charge >= 0.3 is 0 Å². The Labute approximate surface area is 167 Å². The maximum Gasteiger partial charge on any atom is 0.190 e. The van der Waals surface area contributed by atoms with E-state index in [1.54, 1.807) is 5.54 Å². The van der Waals surface area contributed by atoms with Crippen LogP contribution in [0.3, 0.4) is 0 Å². The molecule has 3 rings (SSSR count). The third-order valence-electron chi connectivity index (χ3n) is 6.82. The van der Waals surface area contributed by atoms with E-state index in [-0.39, 0.29) is 5.75 Å². The summed E-state index contributed by atoms with van der Waals surface area (Å²) in [5, 5.41) is 0. The molecule has 0 saturated heterocycles. The Hall–Kier alpha value is -1.09. The van der Waals surface area contributed by atoms with Crippen LogP contribution in [0.2, 0.25) is 0 Å². The zero-order valence-electron chi connectivity index (χ0n) is 16.2. The van der Waals surface area contributed by atoms with Crippen LogP contribution in [0, 0.1) is 35.3 Å². The minimum Gasteiger partial charge on any atom is -0.491 e. The maximum atomic E-state index is 13.8. The molecule has 0 unspecified atom stereocenters. The van der Waals surface area contributed by atoms with Crippen molar-refractivity contribution in [2.24, 2.45) is 23.7 Å². The van der Waals surface area contributed by atoms with E-state index in [0.717, 1.165) is 30.2 Å². The summed E-state index contributed by atoms with van der Waals surface area (Å²) in [6.45, 7) is 0. The van der Waals surface area contributed by atoms with Gasteiger partial charge in [-0.3, -0.25) is 0 Å². The zero-order chi connectivity index (χ0) is 19.2. The van der Waals surface area contributed by atoms with Crippen molar-refractivity contribution in [3.63, 3.8) is 0 Å². The number of aryl methyl sites for hydroxylation is 1. The number of allylic oxidation sites excluding steroid dienone is 1. The van der Waals surface area contributed by atoms with E-state index in [0.29, 0.717) is 11.8 Å². The summed E-state index contributed by atoms with van der Waals surface area (Å²) >= 11 is 5.71. The molecule has 0 bridgehead atoms. The molecule has 0 aliphatic heterocycles. The van der Waals surface area contributed by atoms with Crippen molar-refractivity contribution in [2.45, 2.75) is 64.2 Å². The van der Waals surface area contributed by atoms with Crippen LogP contribution in [0.25, 0.3) is 0 Å². The van der Waals surface area contributed by atoms with Crippen LogP contribution in [0.15, 0.2) is 23.7 Å². The summed E-state index contributed by atoms with van der Waals surface area (Å²) in [4.78, 5) is 0. The van der Waals surface area contributed by atoms with Gasteiger partial charge in [0.2, 0.25) is 0 Å². The lowest BCUT2D eigenvalue weighted by atomic mass is 9.68.